The predicted octanol–water partition coefficient (Wildman–Crippen LogP) is 2.90. The normalized spacial score (nSPS) is 19.7. The molecule has 1 rings (SSSR count). The molecule has 0 aromatic rings. The van der Waals surface area contributed by atoms with Crippen molar-refractivity contribution in [2.45, 2.75) is 52.9 Å². The minimum Gasteiger partial charge on any atom is -0.382 e. The fraction of sp³-hybridized carbons (Fsp3) is 1.00. The van der Waals surface area contributed by atoms with E-state index in [1.807, 2.05) is 0 Å². The van der Waals surface area contributed by atoms with Crippen LogP contribution in [0.25, 0.3) is 0 Å². The molecule has 0 bridgehead atoms. The van der Waals surface area contributed by atoms with Crippen molar-refractivity contribution in [2.75, 3.05) is 45.9 Å². The molecule has 1 N–H and O–H groups in total. The van der Waals surface area contributed by atoms with E-state index in [2.05, 4.69) is 31.0 Å². The van der Waals surface area contributed by atoms with E-state index in [9.17, 15) is 0 Å². The van der Waals surface area contributed by atoms with Crippen LogP contribution in [-0.2, 0) is 4.74 Å². The van der Waals surface area contributed by atoms with Crippen LogP contribution in [0.1, 0.15) is 52.9 Å². The number of piperidine rings is 1. The number of hydrogen-bond acceptors (Lipinski definition) is 3. The van der Waals surface area contributed by atoms with Gasteiger partial charge < -0.3 is 15.0 Å². The zero-order valence-electron chi connectivity index (χ0n) is 13.3. The van der Waals surface area contributed by atoms with Gasteiger partial charge in [0, 0.05) is 26.3 Å². The van der Waals surface area contributed by atoms with Gasteiger partial charge >= 0.3 is 0 Å². The molecule has 0 aromatic heterocycles. The Balaban J connectivity index is 2.00. The highest BCUT2D eigenvalue weighted by atomic mass is 16.5. The number of nitrogens with one attached hydrogen (secondary N) is 1. The molecule has 0 aliphatic carbocycles. The first kappa shape index (κ1) is 16.9. The zero-order chi connectivity index (χ0) is 14.0. The van der Waals surface area contributed by atoms with Crippen LogP contribution in [0.4, 0.5) is 0 Å². The standard InChI is InChI=1S/C16H34N2O/c1-4-16(5-2)8-12-18(13-9-16)14-11-17-10-7-15-19-6-3/h17H,4-15H2,1-3H3. The van der Waals surface area contributed by atoms with Crippen LogP contribution in [0, 0.1) is 5.41 Å². The monoisotopic (exact) mass is 270 g/mol. The summed E-state index contributed by atoms with van der Waals surface area (Å²) in [6.07, 6.45) is 6.62. The van der Waals surface area contributed by atoms with Crippen molar-refractivity contribution >= 4 is 0 Å². The van der Waals surface area contributed by atoms with Gasteiger partial charge in [-0.25, -0.2) is 0 Å². The Hall–Kier alpha value is -0.120. The first-order chi connectivity index (χ1) is 9.26. The molecular formula is C16H34N2O. The fourth-order valence-electron chi connectivity index (χ4n) is 3.01. The summed E-state index contributed by atoms with van der Waals surface area (Å²) in [5.74, 6) is 0. The second kappa shape index (κ2) is 9.73. The maximum absolute atomic E-state index is 5.33. The molecule has 0 spiro atoms. The van der Waals surface area contributed by atoms with Crippen molar-refractivity contribution in [3.63, 3.8) is 0 Å². The highest BCUT2D eigenvalue weighted by molar-refractivity contribution is 4.84. The van der Waals surface area contributed by atoms with E-state index in [0.717, 1.165) is 32.7 Å². The van der Waals surface area contributed by atoms with E-state index < -0.39 is 0 Å². The predicted molar refractivity (Wildman–Crippen MR) is 82.7 cm³/mol. The molecule has 114 valence electrons. The molecule has 0 atom stereocenters. The summed E-state index contributed by atoms with van der Waals surface area (Å²) in [5.41, 5.74) is 0.654. The van der Waals surface area contributed by atoms with E-state index in [4.69, 9.17) is 4.74 Å². The molecule has 1 saturated heterocycles. The lowest BCUT2D eigenvalue weighted by molar-refractivity contribution is 0.0957. The number of rotatable bonds is 10. The Bertz CT molecular complexity index is 207. The van der Waals surface area contributed by atoms with Crippen LogP contribution in [0.5, 0.6) is 0 Å². The Morgan fingerprint density at radius 1 is 1.05 bits per heavy atom. The van der Waals surface area contributed by atoms with Gasteiger partial charge in [0.05, 0.1) is 0 Å². The van der Waals surface area contributed by atoms with Crippen LogP contribution in [0.15, 0.2) is 0 Å². The van der Waals surface area contributed by atoms with Crippen molar-refractivity contribution in [2.24, 2.45) is 5.41 Å². The van der Waals surface area contributed by atoms with Gasteiger partial charge in [-0.3, -0.25) is 0 Å². The van der Waals surface area contributed by atoms with E-state index >= 15 is 0 Å². The molecule has 0 radical (unpaired) electrons. The van der Waals surface area contributed by atoms with Gasteiger partial charge in [-0.1, -0.05) is 26.7 Å². The number of ether oxygens (including phenoxy) is 1. The lowest BCUT2D eigenvalue weighted by Gasteiger charge is -2.41. The summed E-state index contributed by atoms with van der Waals surface area (Å²) in [4.78, 5) is 2.62. The minimum atomic E-state index is 0.654. The van der Waals surface area contributed by atoms with E-state index in [1.54, 1.807) is 0 Å². The molecule has 0 unspecified atom stereocenters. The van der Waals surface area contributed by atoms with Crippen molar-refractivity contribution in [1.82, 2.24) is 10.2 Å². The van der Waals surface area contributed by atoms with Crippen molar-refractivity contribution in [3.8, 4) is 0 Å². The fourth-order valence-corrected chi connectivity index (χ4v) is 3.01. The molecule has 1 fully saturated rings. The summed E-state index contributed by atoms with van der Waals surface area (Å²) in [7, 11) is 0. The minimum absolute atomic E-state index is 0.654. The first-order valence-electron chi connectivity index (χ1n) is 8.27. The Morgan fingerprint density at radius 2 is 1.74 bits per heavy atom. The number of nitrogens with zero attached hydrogens (tertiary/aromatic N) is 1. The molecule has 19 heavy (non-hydrogen) atoms. The third kappa shape index (κ3) is 6.24. The van der Waals surface area contributed by atoms with Gasteiger partial charge in [0.1, 0.15) is 0 Å². The van der Waals surface area contributed by atoms with Gasteiger partial charge in [-0.05, 0) is 51.2 Å². The zero-order valence-corrected chi connectivity index (χ0v) is 13.3. The smallest absolute Gasteiger partial charge is 0.0477 e. The molecular weight excluding hydrogens is 236 g/mol. The highest BCUT2D eigenvalue weighted by Crippen LogP contribution is 2.37. The first-order valence-corrected chi connectivity index (χ1v) is 8.27. The maximum atomic E-state index is 5.33. The van der Waals surface area contributed by atoms with E-state index in [-0.39, 0.29) is 0 Å². The molecule has 3 heteroatoms. The van der Waals surface area contributed by atoms with Crippen molar-refractivity contribution < 1.29 is 4.74 Å². The Morgan fingerprint density at radius 3 is 2.32 bits per heavy atom. The molecule has 0 amide bonds. The van der Waals surface area contributed by atoms with Gasteiger partial charge in [0.15, 0.2) is 0 Å². The van der Waals surface area contributed by atoms with Crippen LogP contribution in [-0.4, -0.2) is 50.8 Å². The van der Waals surface area contributed by atoms with Crippen LogP contribution in [0.3, 0.4) is 0 Å². The molecule has 1 aliphatic heterocycles. The van der Waals surface area contributed by atoms with Gasteiger partial charge in [-0.2, -0.15) is 0 Å². The molecule has 0 saturated carbocycles. The van der Waals surface area contributed by atoms with Crippen LogP contribution < -0.4 is 5.32 Å². The maximum Gasteiger partial charge on any atom is 0.0477 e. The van der Waals surface area contributed by atoms with E-state index in [1.165, 1.54) is 45.3 Å². The average Bonchev–Trinajstić information content (AvgIpc) is 2.47. The lowest BCUT2D eigenvalue weighted by atomic mass is 9.74. The van der Waals surface area contributed by atoms with Gasteiger partial charge in [-0.15, -0.1) is 0 Å². The third-order valence-corrected chi connectivity index (χ3v) is 4.87. The van der Waals surface area contributed by atoms with Crippen LogP contribution >= 0.6 is 0 Å². The van der Waals surface area contributed by atoms with Gasteiger partial charge in [0.25, 0.3) is 0 Å². The Labute approximate surface area is 120 Å². The van der Waals surface area contributed by atoms with Crippen molar-refractivity contribution in [1.29, 1.82) is 0 Å². The number of hydrogen-bond donors (Lipinski definition) is 1. The second-order valence-corrected chi connectivity index (χ2v) is 5.85. The Kier molecular flexibility index (Phi) is 8.67. The summed E-state index contributed by atoms with van der Waals surface area (Å²) < 4.78 is 5.33. The molecule has 1 heterocycles. The molecule has 3 nitrogen and oxygen atoms in total. The van der Waals surface area contributed by atoms with Crippen molar-refractivity contribution in [3.05, 3.63) is 0 Å². The lowest BCUT2D eigenvalue weighted by Crippen LogP contribution is -2.42. The van der Waals surface area contributed by atoms with Crippen LogP contribution in [0.2, 0.25) is 0 Å². The van der Waals surface area contributed by atoms with E-state index in [0.29, 0.717) is 5.41 Å². The largest absolute Gasteiger partial charge is 0.382 e. The second-order valence-electron chi connectivity index (χ2n) is 5.85. The summed E-state index contributed by atoms with van der Waals surface area (Å²) in [6.45, 7) is 14.5. The highest BCUT2D eigenvalue weighted by Gasteiger charge is 2.30. The topological polar surface area (TPSA) is 24.5 Å². The quantitative estimate of drug-likeness (QED) is 0.618. The summed E-state index contributed by atoms with van der Waals surface area (Å²) in [6, 6.07) is 0. The summed E-state index contributed by atoms with van der Waals surface area (Å²) >= 11 is 0. The number of likely N-dealkylation sites (tertiary alicyclic amines) is 1. The summed E-state index contributed by atoms with van der Waals surface area (Å²) in [5, 5.41) is 3.52. The van der Waals surface area contributed by atoms with Gasteiger partial charge in [0.2, 0.25) is 0 Å². The molecule has 1 aliphatic rings. The molecule has 0 aromatic carbocycles. The third-order valence-electron chi connectivity index (χ3n) is 4.87. The average molecular weight is 270 g/mol. The SMILES string of the molecule is CCOCCCNCCN1CCC(CC)(CC)CC1.